The maximum absolute atomic E-state index is 5.32. The van der Waals surface area contributed by atoms with Crippen molar-refractivity contribution in [2.45, 2.75) is 44.9 Å². The molecular weight excluding hydrogens is 222 g/mol. The number of rotatable bonds is 2. The fourth-order valence-corrected chi connectivity index (χ4v) is 3.25. The summed E-state index contributed by atoms with van der Waals surface area (Å²) < 4.78 is 5.32. The molecule has 0 unspecified atom stereocenters. The molecule has 0 saturated heterocycles. The Morgan fingerprint density at radius 1 is 1.17 bits per heavy atom. The zero-order chi connectivity index (χ0) is 12.5. The van der Waals surface area contributed by atoms with E-state index in [1.807, 2.05) is 6.07 Å². The van der Waals surface area contributed by atoms with Crippen LogP contribution in [0.25, 0.3) is 10.9 Å². The maximum atomic E-state index is 5.32. The number of hydrogen-bond donors (Lipinski definition) is 1. The average molecular weight is 243 g/mol. The molecule has 18 heavy (non-hydrogen) atoms. The molecule has 3 rings (SSSR count). The van der Waals surface area contributed by atoms with Gasteiger partial charge in [-0.1, -0.05) is 19.3 Å². The van der Waals surface area contributed by atoms with E-state index in [1.165, 1.54) is 54.3 Å². The quantitative estimate of drug-likeness (QED) is 0.823. The fraction of sp³-hybridized carbons (Fsp3) is 0.500. The van der Waals surface area contributed by atoms with Crippen molar-refractivity contribution in [1.29, 1.82) is 0 Å². The van der Waals surface area contributed by atoms with E-state index in [0.717, 1.165) is 11.7 Å². The second-order valence-electron chi connectivity index (χ2n) is 5.41. The molecular formula is C16H21NO. The van der Waals surface area contributed by atoms with Crippen molar-refractivity contribution in [3.63, 3.8) is 0 Å². The number of methoxy groups -OCH3 is 1. The lowest BCUT2D eigenvalue weighted by atomic mass is 9.85. The standard InChI is InChI=1S/C16H21NO/c1-11-14-10-13(18-2)8-9-15(14)17-16(11)12-6-4-3-5-7-12/h8-10,12,17H,3-7H2,1-2H3. The van der Waals surface area contributed by atoms with Crippen LogP contribution in [0.5, 0.6) is 5.75 Å². The summed E-state index contributed by atoms with van der Waals surface area (Å²) in [5, 5.41) is 1.31. The molecule has 1 N–H and O–H groups in total. The van der Waals surface area contributed by atoms with E-state index in [4.69, 9.17) is 4.74 Å². The second-order valence-corrected chi connectivity index (χ2v) is 5.41. The second kappa shape index (κ2) is 4.68. The van der Waals surface area contributed by atoms with Gasteiger partial charge in [0.1, 0.15) is 5.75 Å². The molecule has 1 aromatic carbocycles. The SMILES string of the molecule is COc1ccc2[nH]c(C3CCCCC3)c(C)c2c1. The van der Waals surface area contributed by atoms with E-state index >= 15 is 0 Å². The summed E-state index contributed by atoms with van der Waals surface area (Å²) >= 11 is 0. The molecule has 0 spiro atoms. The molecule has 1 aromatic heterocycles. The third kappa shape index (κ3) is 1.90. The highest BCUT2D eigenvalue weighted by molar-refractivity contribution is 5.86. The van der Waals surface area contributed by atoms with Gasteiger partial charge in [0.2, 0.25) is 0 Å². The van der Waals surface area contributed by atoms with Gasteiger partial charge in [-0.15, -0.1) is 0 Å². The summed E-state index contributed by atoms with van der Waals surface area (Å²) in [7, 11) is 1.73. The Bertz CT molecular complexity index is 549. The van der Waals surface area contributed by atoms with Crippen LogP contribution in [-0.2, 0) is 0 Å². The molecule has 1 fully saturated rings. The number of ether oxygens (including phenoxy) is 1. The zero-order valence-electron chi connectivity index (χ0n) is 11.3. The molecule has 2 heteroatoms. The van der Waals surface area contributed by atoms with Gasteiger partial charge in [-0.05, 0) is 49.4 Å². The monoisotopic (exact) mass is 243 g/mol. The van der Waals surface area contributed by atoms with E-state index in [1.54, 1.807) is 7.11 Å². The average Bonchev–Trinajstić information content (AvgIpc) is 2.77. The van der Waals surface area contributed by atoms with E-state index < -0.39 is 0 Å². The smallest absolute Gasteiger partial charge is 0.119 e. The zero-order valence-corrected chi connectivity index (χ0v) is 11.3. The topological polar surface area (TPSA) is 25.0 Å². The number of nitrogens with one attached hydrogen (secondary N) is 1. The Hall–Kier alpha value is -1.44. The molecule has 2 aromatic rings. The lowest BCUT2D eigenvalue weighted by Crippen LogP contribution is -2.05. The van der Waals surface area contributed by atoms with Crippen molar-refractivity contribution >= 4 is 10.9 Å². The third-order valence-electron chi connectivity index (χ3n) is 4.32. The number of aromatic nitrogens is 1. The Kier molecular flexibility index (Phi) is 3.02. The molecule has 0 atom stereocenters. The molecule has 0 radical (unpaired) electrons. The van der Waals surface area contributed by atoms with Gasteiger partial charge in [-0.2, -0.15) is 0 Å². The molecule has 0 amide bonds. The van der Waals surface area contributed by atoms with Crippen molar-refractivity contribution in [3.05, 3.63) is 29.5 Å². The van der Waals surface area contributed by atoms with Crippen LogP contribution in [0.4, 0.5) is 0 Å². The van der Waals surface area contributed by atoms with E-state index in [-0.39, 0.29) is 0 Å². The number of aryl methyl sites for hydroxylation is 1. The van der Waals surface area contributed by atoms with Gasteiger partial charge in [-0.25, -0.2) is 0 Å². The van der Waals surface area contributed by atoms with Crippen LogP contribution in [0, 0.1) is 6.92 Å². The molecule has 2 nitrogen and oxygen atoms in total. The first-order valence-electron chi connectivity index (χ1n) is 6.96. The largest absolute Gasteiger partial charge is 0.497 e. The first-order valence-corrected chi connectivity index (χ1v) is 6.96. The van der Waals surface area contributed by atoms with Crippen LogP contribution < -0.4 is 4.74 Å². The van der Waals surface area contributed by atoms with Crippen LogP contribution in [0.15, 0.2) is 18.2 Å². The Labute approximate surface area is 108 Å². The molecule has 0 aliphatic heterocycles. The number of fused-ring (bicyclic) bond motifs is 1. The number of benzene rings is 1. The number of aromatic amines is 1. The van der Waals surface area contributed by atoms with Gasteiger partial charge in [0.25, 0.3) is 0 Å². The first kappa shape index (κ1) is 11.6. The van der Waals surface area contributed by atoms with Gasteiger partial charge in [0, 0.05) is 16.6 Å². The molecule has 1 heterocycles. The van der Waals surface area contributed by atoms with Crippen molar-refractivity contribution in [3.8, 4) is 5.75 Å². The Balaban J connectivity index is 2.04. The van der Waals surface area contributed by atoms with Crippen LogP contribution in [0.3, 0.4) is 0 Å². The normalized spacial score (nSPS) is 17.2. The van der Waals surface area contributed by atoms with E-state index in [0.29, 0.717) is 0 Å². The summed E-state index contributed by atoms with van der Waals surface area (Å²) in [6.45, 7) is 2.24. The third-order valence-corrected chi connectivity index (χ3v) is 4.32. The highest BCUT2D eigenvalue weighted by Gasteiger charge is 2.20. The van der Waals surface area contributed by atoms with Crippen molar-refractivity contribution in [1.82, 2.24) is 4.98 Å². The molecule has 1 aliphatic rings. The summed E-state index contributed by atoms with van der Waals surface area (Å²) in [6, 6.07) is 6.31. The van der Waals surface area contributed by atoms with E-state index in [9.17, 15) is 0 Å². The predicted octanol–water partition coefficient (Wildman–Crippen LogP) is 4.53. The Morgan fingerprint density at radius 3 is 2.67 bits per heavy atom. The lowest BCUT2D eigenvalue weighted by Gasteiger charge is -2.21. The summed E-state index contributed by atoms with van der Waals surface area (Å²) in [5.41, 5.74) is 4.11. The van der Waals surface area contributed by atoms with Crippen LogP contribution >= 0.6 is 0 Å². The minimum absolute atomic E-state index is 0.733. The molecule has 96 valence electrons. The van der Waals surface area contributed by atoms with E-state index in [2.05, 4.69) is 24.0 Å². The number of H-pyrrole nitrogens is 1. The van der Waals surface area contributed by atoms with Gasteiger partial charge in [-0.3, -0.25) is 0 Å². The fourth-order valence-electron chi connectivity index (χ4n) is 3.25. The van der Waals surface area contributed by atoms with Crippen LogP contribution in [0.1, 0.15) is 49.3 Å². The Morgan fingerprint density at radius 2 is 1.94 bits per heavy atom. The summed E-state index contributed by atoms with van der Waals surface area (Å²) in [5.74, 6) is 1.68. The first-order chi connectivity index (χ1) is 8.79. The predicted molar refractivity (Wildman–Crippen MR) is 75.4 cm³/mol. The molecule has 1 saturated carbocycles. The van der Waals surface area contributed by atoms with Crippen molar-refractivity contribution in [2.75, 3.05) is 7.11 Å². The summed E-state index contributed by atoms with van der Waals surface area (Å²) in [4.78, 5) is 3.63. The van der Waals surface area contributed by atoms with Gasteiger partial charge >= 0.3 is 0 Å². The number of hydrogen-bond acceptors (Lipinski definition) is 1. The minimum Gasteiger partial charge on any atom is -0.497 e. The molecule has 0 bridgehead atoms. The van der Waals surface area contributed by atoms with Gasteiger partial charge in [0.15, 0.2) is 0 Å². The summed E-state index contributed by atoms with van der Waals surface area (Å²) in [6.07, 6.45) is 6.84. The van der Waals surface area contributed by atoms with Gasteiger partial charge < -0.3 is 9.72 Å². The molecule has 1 aliphatic carbocycles. The highest BCUT2D eigenvalue weighted by Crippen LogP contribution is 2.37. The highest BCUT2D eigenvalue weighted by atomic mass is 16.5. The van der Waals surface area contributed by atoms with Gasteiger partial charge in [0.05, 0.1) is 7.11 Å². The van der Waals surface area contributed by atoms with Crippen LogP contribution in [0.2, 0.25) is 0 Å². The van der Waals surface area contributed by atoms with Crippen LogP contribution in [-0.4, -0.2) is 12.1 Å². The van der Waals surface area contributed by atoms with Crippen molar-refractivity contribution in [2.24, 2.45) is 0 Å². The lowest BCUT2D eigenvalue weighted by molar-refractivity contribution is 0.415. The minimum atomic E-state index is 0.733. The maximum Gasteiger partial charge on any atom is 0.119 e. The van der Waals surface area contributed by atoms with Crippen molar-refractivity contribution < 1.29 is 4.74 Å².